The molecule has 0 bridgehead atoms. The van der Waals surface area contributed by atoms with Crippen LogP contribution in [-0.4, -0.2) is 27.3 Å². The molecule has 1 aliphatic rings. The van der Waals surface area contributed by atoms with Gasteiger partial charge in [-0.15, -0.1) is 0 Å². The Morgan fingerprint density at radius 2 is 1.72 bits per heavy atom. The lowest BCUT2D eigenvalue weighted by atomic mass is 10.1. The molecule has 0 saturated carbocycles. The van der Waals surface area contributed by atoms with Gasteiger partial charge in [-0.3, -0.25) is 4.72 Å². The van der Waals surface area contributed by atoms with Crippen LogP contribution in [0.1, 0.15) is 24.8 Å². The molecule has 0 unspecified atom stereocenters. The van der Waals surface area contributed by atoms with Crippen molar-refractivity contribution in [1.29, 1.82) is 0 Å². The third-order valence-corrected chi connectivity index (χ3v) is 5.70. The molecule has 3 rings (SSSR count). The van der Waals surface area contributed by atoms with E-state index in [1.807, 2.05) is 30.3 Å². The van der Waals surface area contributed by atoms with Crippen LogP contribution in [0.15, 0.2) is 48.5 Å². The fourth-order valence-electron chi connectivity index (χ4n) is 3.12. The van der Waals surface area contributed by atoms with E-state index in [1.165, 1.54) is 18.6 Å². The van der Waals surface area contributed by atoms with E-state index < -0.39 is 15.8 Å². The normalized spacial score (nSPS) is 15.2. The minimum absolute atomic E-state index is 0.0348. The summed E-state index contributed by atoms with van der Waals surface area (Å²) in [7, 11) is -3.55. The summed E-state index contributed by atoms with van der Waals surface area (Å²) in [5.41, 5.74) is 2.04. The third kappa shape index (κ3) is 4.95. The van der Waals surface area contributed by atoms with Crippen molar-refractivity contribution in [2.45, 2.75) is 25.7 Å². The summed E-state index contributed by atoms with van der Waals surface area (Å²) < 4.78 is 41.2. The van der Waals surface area contributed by atoms with Gasteiger partial charge in [0.2, 0.25) is 10.0 Å². The molecule has 2 aromatic carbocycles. The number of rotatable bonds is 6. The van der Waals surface area contributed by atoms with Crippen LogP contribution in [0.25, 0.3) is 0 Å². The molecule has 0 spiro atoms. The lowest BCUT2D eigenvalue weighted by molar-refractivity contribution is 0.577. The maximum atomic E-state index is 13.7. The van der Waals surface area contributed by atoms with Gasteiger partial charge in [0.1, 0.15) is 5.82 Å². The van der Waals surface area contributed by atoms with Crippen molar-refractivity contribution < 1.29 is 12.8 Å². The van der Waals surface area contributed by atoms with Gasteiger partial charge in [0, 0.05) is 19.2 Å². The summed E-state index contributed by atoms with van der Waals surface area (Å²) in [6.45, 7) is 1.73. The molecule has 1 N–H and O–H groups in total. The van der Waals surface area contributed by atoms with Crippen LogP contribution in [-0.2, 0) is 16.4 Å². The molecule has 4 nitrogen and oxygen atoms in total. The Bertz CT molecular complexity index is 803. The van der Waals surface area contributed by atoms with Gasteiger partial charge in [0.05, 0.1) is 17.1 Å². The summed E-state index contributed by atoms with van der Waals surface area (Å²) in [5, 5.41) is 0. The molecule has 0 aliphatic carbocycles. The monoisotopic (exact) mass is 362 g/mol. The van der Waals surface area contributed by atoms with Crippen molar-refractivity contribution >= 4 is 21.4 Å². The van der Waals surface area contributed by atoms with E-state index in [9.17, 15) is 12.8 Å². The molecule has 0 radical (unpaired) electrons. The first-order valence-electron chi connectivity index (χ1n) is 8.62. The fourth-order valence-corrected chi connectivity index (χ4v) is 4.22. The summed E-state index contributed by atoms with van der Waals surface area (Å²) in [5.74, 6) is -0.478. The minimum atomic E-state index is -3.55. The SMILES string of the molecule is O=S(=O)(CCc1ccccc1)Nc1cc(F)ccc1N1CCCCC1. The third-order valence-electron chi connectivity index (χ3n) is 4.42. The second-order valence-electron chi connectivity index (χ2n) is 6.37. The topological polar surface area (TPSA) is 49.4 Å². The number of benzene rings is 2. The van der Waals surface area contributed by atoms with Gasteiger partial charge in [-0.2, -0.15) is 0 Å². The van der Waals surface area contributed by atoms with E-state index in [1.54, 1.807) is 6.07 Å². The molecule has 1 saturated heterocycles. The molecule has 25 heavy (non-hydrogen) atoms. The predicted molar refractivity (Wildman–Crippen MR) is 100 cm³/mol. The standard InChI is InChI=1S/C19H23FN2O2S/c20-17-9-10-19(22-12-5-2-6-13-22)18(15-17)21-25(23,24)14-11-16-7-3-1-4-8-16/h1,3-4,7-10,15,21H,2,5-6,11-14H2. The molecule has 6 heteroatoms. The number of hydrogen-bond acceptors (Lipinski definition) is 3. The predicted octanol–water partition coefficient (Wildman–Crippen LogP) is 3.80. The zero-order valence-electron chi connectivity index (χ0n) is 14.1. The van der Waals surface area contributed by atoms with E-state index in [-0.39, 0.29) is 5.75 Å². The summed E-state index contributed by atoms with van der Waals surface area (Å²) in [4.78, 5) is 2.12. The van der Waals surface area contributed by atoms with Crippen LogP contribution >= 0.6 is 0 Å². The Hall–Kier alpha value is -2.08. The van der Waals surface area contributed by atoms with Crippen LogP contribution in [0.3, 0.4) is 0 Å². The lowest BCUT2D eigenvalue weighted by Gasteiger charge is -2.30. The van der Waals surface area contributed by atoms with Gasteiger partial charge >= 0.3 is 0 Å². The number of nitrogens with zero attached hydrogens (tertiary/aromatic N) is 1. The van der Waals surface area contributed by atoms with Crippen molar-refractivity contribution in [3.63, 3.8) is 0 Å². The largest absolute Gasteiger partial charge is 0.370 e. The van der Waals surface area contributed by atoms with Crippen LogP contribution < -0.4 is 9.62 Å². The smallest absolute Gasteiger partial charge is 0.233 e. The Morgan fingerprint density at radius 1 is 1.00 bits per heavy atom. The number of aryl methyl sites for hydroxylation is 1. The molecule has 0 aromatic heterocycles. The van der Waals surface area contributed by atoms with E-state index in [0.717, 1.165) is 37.2 Å². The van der Waals surface area contributed by atoms with Crippen molar-refractivity contribution in [1.82, 2.24) is 0 Å². The molecule has 0 amide bonds. The van der Waals surface area contributed by atoms with E-state index in [2.05, 4.69) is 9.62 Å². The highest BCUT2D eigenvalue weighted by Crippen LogP contribution is 2.30. The number of hydrogen-bond donors (Lipinski definition) is 1. The van der Waals surface area contributed by atoms with Gasteiger partial charge in [-0.05, 0) is 43.4 Å². The van der Waals surface area contributed by atoms with Crippen LogP contribution in [0.4, 0.5) is 15.8 Å². The van der Waals surface area contributed by atoms with E-state index in [4.69, 9.17) is 0 Å². The Balaban J connectivity index is 1.75. The summed E-state index contributed by atoms with van der Waals surface area (Å²) in [6, 6.07) is 13.8. The number of anilines is 2. The first-order chi connectivity index (χ1) is 12.0. The van der Waals surface area contributed by atoms with Gasteiger partial charge < -0.3 is 4.90 Å². The van der Waals surface area contributed by atoms with E-state index in [0.29, 0.717) is 12.1 Å². The minimum Gasteiger partial charge on any atom is -0.370 e. The van der Waals surface area contributed by atoms with Crippen molar-refractivity contribution in [2.24, 2.45) is 0 Å². The highest BCUT2D eigenvalue weighted by molar-refractivity contribution is 7.92. The zero-order valence-corrected chi connectivity index (χ0v) is 14.9. The average Bonchev–Trinajstić information content (AvgIpc) is 2.62. The molecular weight excluding hydrogens is 339 g/mol. The number of halogens is 1. The molecule has 2 aromatic rings. The van der Waals surface area contributed by atoms with Gasteiger partial charge in [-0.1, -0.05) is 30.3 Å². The van der Waals surface area contributed by atoms with Crippen LogP contribution in [0, 0.1) is 5.82 Å². The van der Waals surface area contributed by atoms with Gasteiger partial charge in [-0.25, -0.2) is 12.8 Å². The second kappa shape index (κ2) is 7.87. The summed E-state index contributed by atoms with van der Waals surface area (Å²) >= 11 is 0. The maximum absolute atomic E-state index is 13.7. The van der Waals surface area contributed by atoms with Crippen molar-refractivity contribution in [3.8, 4) is 0 Å². The zero-order chi connectivity index (χ0) is 17.7. The second-order valence-corrected chi connectivity index (χ2v) is 8.21. The molecule has 134 valence electrons. The van der Waals surface area contributed by atoms with Gasteiger partial charge in [0.25, 0.3) is 0 Å². The Labute approximate surface area is 148 Å². The molecule has 1 heterocycles. The molecule has 1 aliphatic heterocycles. The quantitative estimate of drug-likeness (QED) is 0.850. The van der Waals surface area contributed by atoms with E-state index >= 15 is 0 Å². The molecule has 1 fully saturated rings. The van der Waals surface area contributed by atoms with Crippen molar-refractivity contribution in [3.05, 3.63) is 59.9 Å². The highest BCUT2D eigenvalue weighted by atomic mass is 32.2. The molecule has 0 atom stereocenters. The number of nitrogens with one attached hydrogen (secondary N) is 1. The lowest BCUT2D eigenvalue weighted by Crippen LogP contribution is -2.30. The van der Waals surface area contributed by atoms with Gasteiger partial charge in [0.15, 0.2) is 0 Å². The molecular formula is C19H23FN2O2S. The first-order valence-corrected chi connectivity index (χ1v) is 10.3. The van der Waals surface area contributed by atoms with Crippen LogP contribution in [0.5, 0.6) is 0 Å². The Kier molecular flexibility index (Phi) is 5.58. The van der Waals surface area contributed by atoms with Crippen molar-refractivity contribution in [2.75, 3.05) is 28.5 Å². The fraction of sp³-hybridized carbons (Fsp3) is 0.368. The average molecular weight is 362 g/mol. The number of piperidine rings is 1. The Morgan fingerprint density at radius 3 is 2.44 bits per heavy atom. The maximum Gasteiger partial charge on any atom is 0.233 e. The highest BCUT2D eigenvalue weighted by Gasteiger charge is 2.19. The first kappa shape index (κ1) is 17.7. The van der Waals surface area contributed by atoms with Crippen LogP contribution in [0.2, 0.25) is 0 Å². The number of sulfonamides is 1. The summed E-state index contributed by atoms with van der Waals surface area (Å²) in [6.07, 6.45) is 3.73.